The molecule has 0 spiro atoms. The number of halogens is 2. The summed E-state index contributed by atoms with van der Waals surface area (Å²) in [6, 6.07) is 7.46. The standard InChI is InChI=1S/C16H15FN6.ClH/c1-22-14(3-5-21-22)13-6-11(8-19)7-15-16(13)20-10-23(15)9-12(17)2-4-18;/h2-3,5-7,10H,4,9,18H2,1H3;1H/b12-2-;. The number of imidazole rings is 1. The van der Waals surface area contributed by atoms with E-state index >= 15 is 0 Å². The van der Waals surface area contributed by atoms with Gasteiger partial charge in [-0.1, -0.05) is 0 Å². The summed E-state index contributed by atoms with van der Waals surface area (Å²) in [7, 11) is 1.82. The zero-order chi connectivity index (χ0) is 16.4. The van der Waals surface area contributed by atoms with Crippen LogP contribution < -0.4 is 5.73 Å². The maximum Gasteiger partial charge on any atom is 0.117 e. The summed E-state index contributed by atoms with van der Waals surface area (Å²) in [5.41, 5.74) is 8.85. The number of nitrogens with two attached hydrogens (primary N) is 1. The molecule has 0 bridgehead atoms. The highest BCUT2D eigenvalue weighted by Gasteiger charge is 2.14. The number of fused-ring (bicyclic) bond motifs is 1. The number of hydrogen-bond acceptors (Lipinski definition) is 4. The van der Waals surface area contributed by atoms with E-state index in [1.165, 1.54) is 6.08 Å². The Balaban J connectivity index is 0.00000208. The van der Waals surface area contributed by atoms with E-state index in [9.17, 15) is 9.65 Å². The van der Waals surface area contributed by atoms with Crippen LogP contribution in [0.1, 0.15) is 5.56 Å². The van der Waals surface area contributed by atoms with Crippen LogP contribution in [-0.2, 0) is 13.6 Å². The van der Waals surface area contributed by atoms with Gasteiger partial charge in [0.2, 0.25) is 0 Å². The van der Waals surface area contributed by atoms with Gasteiger partial charge in [0.25, 0.3) is 0 Å². The van der Waals surface area contributed by atoms with Crippen molar-refractivity contribution in [3.05, 3.63) is 48.2 Å². The first-order valence-electron chi connectivity index (χ1n) is 7.06. The SMILES string of the molecule is Cl.Cn1nccc1-c1cc(C#N)cc2c1ncn2C/C(F)=C/CN. The van der Waals surface area contributed by atoms with Crippen LogP contribution in [0.25, 0.3) is 22.3 Å². The number of nitriles is 1. The molecule has 8 heteroatoms. The van der Waals surface area contributed by atoms with Crippen molar-refractivity contribution in [3.8, 4) is 17.3 Å². The monoisotopic (exact) mass is 346 g/mol. The third kappa shape index (κ3) is 3.15. The number of nitrogens with zero attached hydrogens (tertiary/aromatic N) is 5. The molecule has 2 N–H and O–H groups in total. The molecule has 3 aromatic rings. The van der Waals surface area contributed by atoms with Gasteiger partial charge in [-0.15, -0.1) is 12.4 Å². The zero-order valence-electron chi connectivity index (χ0n) is 13.0. The second kappa shape index (κ2) is 7.25. The van der Waals surface area contributed by atoms with Gasteiger partial charge in [0.1, 0.15) is 5.83 Å². The fourth-order valence-corrected chi connectivity index (χ4v) is 2.54. The first-order chi connectivity index (χ1) is 11.1. The number of aryl methyl sites for hydroxylation is 1. The Morgan fingerprint density at radius 2 is 2.25 bits per heavy atom. The van der Waals surface area contributed by atoms with E-state index in [2.05, 4.69) is 16.2 Å². The molecule has 24 heavy (non-hydrogen) atoms. The van der Waals surface area contributed by atoms with Crippen molar-refractivity contribution >= 4 is 23.4 Å². The average molecular weight is 347 g/mol. The zero-order valence-corrected chi connectivity index (χ0v) is 13.8. The minimum absolute atomic E-state index is 0. The third-order valence-electron chi connectivity index (χ3n) is 3.61. The molecule has 3 rings (SSSR count). The molecule has 0 fully saturated rings. The summed E-state index contributed by atoms with van der Waals surface area (Å²) >= 11 is 0. The number of benzene rings is 1. The van der Waals surface area contributed by atoms with Gasteiger partial charge in [0, 0.05) is 25.4 Å². The average Bonchev–Trinajstić information content (AvgIpc) is 3.13. The van der Waals surface area contributed by atoms with Crippen LogP contribution in [0.2, 0.25) is 0 Å². The highest BCUT2D eigenvalue weighted by molar-refractivity contribution is 5.92. The van der Waals surface area contributed by atoms with Crippen molar-refractivity contribution in [3.63, 3.8) is 0 Å². The molecule has 0 aliphatic rings. The number of allylic oxidation sites excluding steroid dienone is 1. The molecule has 0 aliphatic heterocycles. The molecular formula is C16H16ClFN6. The van der Waals surface area contributed by atoms with Crippen LogP contribution >= 0.6 is 12.4 Å². The van der Waals surface area contributed by atoms with E-state index in [0.717, 1.165) is 11.3 Å². The van der Waals surface area contributed by atoms with Crippen molar-refractivity contribution in [2.75, 3.05) is 6.54 Å². The lowest BCUT2D eigenvalue weighted by atomic mass is 10.1. The van der Waals surface area contributed by atoms with Gasteiger partial charge in [-0.05, 0) is 24.3 Å². The van der Waals surface area contributed by atoms with Crippen molar-refractivity contribution < 1.29 is 4.39 Å². The summed E-state index contributed by atoms with van der Waals surface area (Å²) in [5.74, 6) is -0.337. The Bertz CT molecular complexity index is 934. The maximum atomic E-state index is 13.8. The van der Waals surface area contributed by atoms with Crippen LogP contribution in [-0.4, -0.2) is 25.9 Å². The molecule has 0 aliphatic carbocycles. The topological polar surface area (TPSA) is 85.5 Å². The molecule has 0 saturated carbocycles. The summed E-state index contributed by atoms with van der Waals surface area (Å²) in [6.45, 7) is 0.176. The van der Waals surface area contributed by atoms with Crippen molar-refractivity contribution in [1.82, 2.24) is 19.3 Å². The third-order valence-corrected chi connectivity index (χ3v) is 3.61. The molecule has 2 aromatic heterocycles. The Labute approximate surface area is 144 Å². The maximum absolute atomic E-state index is 13.8. The van der Waals surface area contributed by atoms with Crippen molar-refractivity contribution in [1.29, 1.82) is 5.26 Å². The minimum Gasteiger partial charge on any atom is -0.327 e. The van der Waals surface area contributed by atoms with Gasteiger partial charge in [-0.3, -0.25) is 4.68 Å². The van der Waals surface area contributed by atoms with Crippen molar-refractivity contribution in [2.24, 2.45) is 12.8 Å². The van der Waals surface area contributed by atoms with E-state index < -0.39 is 0 Å². The summed E-state index contributed by atoms with van der Waals surface area (Å²) in [4.78, 5) is 4.39. The van der Waals surface area contributed by atoms with E-state index in [4.69, 9.17) is 5.73 Å². The molecule has 1 aromatic carbocycles. The first kappa shape index (κ1) is 17.7. The van der Waals surface area contributed by atoms with Gasteiger partial charge in [0.15, 0.2) is 0 Å². The van der Waals surface area contributed by atoms with Gasteiger partial charge in [0.05, 0.1) is 41.2 Å². The van der Waals surface area contributed by atoms with Crippen LogP contribution in [0.4, 0.5) is 4.39 Å². The Morgan fingerprint density at radius 3 is 2.88 bits per heavy atom. The number of aromatic nitrogens is 4. The highest BCUT2D eigenvalue weighted by atomic mass is 35.5. The summed E-state index contributed by atoms with van der Waals surface area (Å²) < 4.78 is 17.1. The molecule has 2 heterocycles. The number of rotatable bonds is 4. The quantitative estimate of drug-likeness (QED) is 0.786. The van der Waals surface area contributed by atoms with Crippen LogP contribution in [0.3, 0.4) is 0 Å². The number of hydrogen-bond donors (Lipinski definition) is 1. The van der Waals surface area contributed by atoms with Crippen LogP contribution in [0.5, 0.6) is 0 Å². The lowest BCUT2D eigenvalue weighted by molar-refractivity contribution is 0.558. The van der Waals surface area contributed by atoms with Crippen molar-refractivity contribution in [2.45, 2.75) is 6.54 Å². The normalized spacial score (nSPS) is 11.3. The van der Waals surface area contributed by atoms with Gasteiger partial charge in [-0.2, -0.15) is 10.4 Å². The smallest absolute Gasteiger partial charge is 0.117 e. The fourth-order valence-electron chi connectivity index (χ4n) is 2.54. The fraction of sp³-hybridized carbons (Fsp3) is 0.188. The Kier molecular flexibility index (Phi) is 5.34. The molecule has 0 amide bonds. The summed E-state index contributed by atoms with van der Waals surface area (Å²) in [5, 5.41) is 13.4. The summed E-state index contributed by atoms with van der Waals surface area (Å²) in [6.07, 6.45) is 4.57. The van der Waals surface area contributed by atoms with Crippen LogP contribution in [0.15, 0.2) is 42.6 Å². The van der Waals surface area contributed by atoms with Gasteiger partial charge >= 0.3 is 0 Å². The molecule has 124 valence electrons. The Hall–Kier alpha value is -2.69. The predicted octanol–water partition coefficient (Wildman–Crippen LogP) is 2.54. The molecule has 0 saturated heterocycles. The molecule has 6 nitrogen and oxygen atoms in total. The van der Waals surface area contributed by atoms with E-state index in [0.29, 0.717) is 16.6 Å². The molecule has 0 atom stereocenters. The highest BCUT2D eigenvalue weighted by Crippen LogP contribution is 2.29. The van der Waals surface area contributed by atoms with E-state index in [1.807, 2.05) is 13.1 Å². The lowest BCUT2D eigenvalue weighted by Crippen LogP contribution is -2.01. The predicted molar refractivity (Wildman–Crippen MR) is 92.1 cm³/mol. The van der Waals surface area contributed by atoms with Gasteiger partial charge in [-0.25, -0.2) is 9.37 Å². The van der Waals surface area contributed by atoms with E-state index in [-0.39, 0.29) is 31.3 Å². The first-order valence-corrected chi connectivity index (χ1v) is 7.06. The van der Waals surface area contributed by atoms with Gasteiger partial charge < -0.3 is 10.3 Å². The largest absolute Gasteiger partial charge is 0.327 e. The molecule has 0 radical (unpaired) electrons. The van der Waals surface area contributed by atoms with Crippen LogP contribution in [0, 0.1) is 11.3 Å². The van der Waals surface area contributed by atoms with E-state index in [1.54, 1.807) is 33.9 Å². The molecular weight excluding hydrogens is 331 g/mol. The second-order valence-corrected chi connectivity index (χ2v) is 5.10. The second-order valence-electron chi connectivity index (χ2n) is 5.10. The lowest BCUT2D eigenvalue weighted by Gasteiger charge is -2.07. The minimum atomic E-state index is -0.337. The Morgan fingerprint density at radius 1 is 1.46 bits per heavy atom. The molecule has 0 unspecified atom stereocenters.